The molecule has 0 spiro atoms. The first-order valence-corrected chi connectivity index (χ1v) is 9.27. The SMILES string of the molecule is Cc1cc(C)n(C2CN(C(=O)CCCn3cnc4ccccc4c3=O)C2)n1. The fourth-order valence-corrected chi connectivity index (χ4v) is 3.65. The van der Waals surface area contributed by atoms with E-state index >= 15 is 0 Å². The van der Waals surface area contributed by atoms with Gasteiger partial charge in [0, 0.05) is 31.7 Å². The molecule has 0 bridgehead atoms. The maximum atomic E-state index is 12.5. The van der Waals surface area contributed by atoms with Gasteiger partial charge in [-0.15, -0.1) is 0 Å². The molecule has 7 heteroatoms. The summed E-state index contributed by atoms with van der Waals surface area (Å²) in [6.07, 6.45) is 2.63. The van der Waals surface area contributed by atoms with E-state index in [1.807, 2.05) is 41.6 Å². The summed E-state index contributed by atoms with van der Waals surface area (Å²) >= 11 is 0. The molecule has 3 aromatic rings. The molecule has 0 N–H and O–H groups in total. The van der Waals surface area contributed by atoms with Crippen molar-refractivity contribution >= 4 is 16.8 Å². The summed E-state index contributed by atoms with van der Waals surface area (Å²) < 4.78 is 3.60. The van der Waals surface area contributed by atoms with Crippen LogP contribution in [0.2, 0.25) is 0 Å². The molecule has 7 nitrogen and oxygen atoms in total. The molecule has 3 heterocycles. The molecule has 0 saturated carbocycles. The first-order chi connectivity index (χ1) is 13.0. The third-order valence-corrected chi connectivity index (χ3v) is 5.13. The maximum absolute atomic E-state index is 12.5. The molecule has 1 amide bonds. The lowest BCUT2D eigenvalue weighted by Crippen LogP contribution is -2.51. The minimum atomic E-state index is -0.0541. The van der Waals surface area contributed by atoms with Gasteiger partial charge in [0.1, 0.15) is 0 Å². The van der Waals surface area contributed by atoms with Gasteiger partial charge in [-0.3, -0.25) is 18.8 Å². The van der Waals surface area contributed by atoms with Gasteiger partial charge in [-0.1, -0.05) is 12.1 Å². The van der Waals surface area contributed by atoms with Crippen molar-refractivity contribution in [2.75, 3.05) is 13.1 Å². The Balaban J connectivity index is 1.30. The lowest BCUT2D eigenvalue weighted by atomic mass is 10.1. The van der Waals surface area contributed by atoms with E-state index in [0.29, 0.717) is 43.4 Å². The van der Waals surface area contributed by atoms with Crippen molar-refractivity contribution in [2.24, 2.45) is 0 Å². The van der Waals surface area contributed by atoms with E-state index in [1.54, 1.807) is 17.0 Å². The van der Waals surface area contributed by atoms with Crippen LogP contribution < -0.4 is 5.56 Å². The number of carbonyl (C=O) groups is 1. The number of aromatic nitrogens is 4. The van der Waals surface area contributed by atoms with Crippen LogP contribution in [0.15, 0.2) is 41.5 Å². The summed E-state index contributed by atoms with van der Waals surface area (Å²) in [5.41, 5.74) is 2.78. The van der Waals surface area contributed by atoms with Crippen molar-refractivity contribution in [3.63, 3.8) is 0 Å². The average molecular weight is 365 g/mol. The number of benzene rings is 1. The molecule has 0 atom stereocenters. The normalized spacial score (nSPS) is 14.5. The van der Waals surface area contributed by atoms with E-state index < -0.39 is 0 Å². The largest absolute Gasteiger partial charge is 0.338 e. The number of aryl methyl sites for hydroxylation is 3. The fourth-order valence-electron chi connectivity index (χ4n) is 3.65. The summed E-state index contributed by atoms with van der Waals surface area (Å²) in [5.74, 6) is 0.134. The summed E-state index contributed by atoms with van der Waals surface area (Å²) in [6.45, 7) is 5.93. The molecule has 1 saturated heterocycles. The van der Waals surface area contributed by atoms with E-state index in [0.717, 1.165) is 11.4 Å². The minimum Gasteiger partial charge on any atom is -0.338 e. The van der Waals surface area contributed by atoms with Gasteiger partial charge < -0.3 is 4.90 Å². The molecule has 1 aromatic carbocycles. The Labute approximate surface area is 157 Å². The Morgan fingerprint density at radius 2 is 2.00 bits per heavy atom. The number of para-hydroxylation sites is 1. The zero-order valence-corrected chi connectivity index (χ0v) is 15.6. The Kier molecular flexibility index (Phi) is 4.51. The smallest absolute Gasteiger partial charge is 0.261 e. The predicted molar refractivity (Wildman–Crippen MR) is 103 cm³/mol. The zero-order valence-electron chi connectivity index (χ0n) is 15.6. The molecule has 0 radical (unpaired) electrons. The zero-order chi connectivity index (χ0) is 19.0. The molecule has 1 aliphatic heterocycles. The first-order valence-electron chi connectivity index (χ1n) is 9.27. The number of nitrogens with zero attached hydrogens (tertiary/aromatic N) is 5. The number of amides is 1. The second-order valence-corrected chi connectivity index (χ2v) is 7.19. The van der Waals surface area contributed by atoms with Crippen molar-refractivity contribution in [3.05, 3.63) is 58.4 Å². The number of likely N-dealkylation sites (tertiary alicyclic amines) is 1. The van der Waals surface area contributed by atoms with E-state index in [1.165, 1.54) is 0 Å². The molecule has 1 fully saturated rings. The Hall–Kier alpha value is -2.96. The molecule has 1 aliphatic rings. The Morgan fingerprint density at radius 3 is 2.74 bits per heavy atom. The highest BCUT2D eigenvalue weighted by Gasteiger charge is 2.32. The molecule has 0 aliphatic carbocycles. The molecule has 27 heavy (non-hydrogen) atoms. The maximum Gasteiger partial charge on any atom is 0.261 e. The van der Waals surface area contributed by atoms with Gasteiger partial charge in [-0.25, -0.2) is 4.98 Å². The second-order valence-electron chi connectivity index (χ2n) is 7.19. The highest BCUT2D eigenvalue weighted by Crippen LogP contribution is 2.23. The summed E-state index contributed by atoms with van der Waals surface area (Å²) in [7, 11) is 0. The van der Waals surface area contributed by atoms with Crippen molar-refractivity contribution in [1.82, 2.24) is 24.2 Å². The summed E-state index contributed by atoms with van der Waals surface area (Å²) in [4.78, 5) is 31.0. The van der Waals surface area contributed by atoms with Crippen LogP contribution >= 0.6 is 0 Å². The van der Waals surface area contributed by atoms with E-state index in [4.69, 9.17) is 0 Å². The lowest BCUT2D eigenvalue weighted by Gasteiger charge is -2.39. The monoisotopic (exact) mass is 365 g/mol. The average Bonchev–Trinajstić information content (AvgIpc) is 2.94. The number of hydrogen-bond acceptors (Lipinski definition) is 4. The number of hydrogen-bond donors (Lipinski definition) is 0. The molecule has 0 unspecified atom stereocenters. The fraction of sp³-hybridized carbons (Fsp3) is 0.400. The van der Waals surface area contributed by atoms with Gasteiger partial charge in [0.2, 0.25) is 5.91 Å². The molecule has 4 rings (SSSR count). The number of carbonyl (C=O) groups excluding carboxylic acids is 1. The Morgan fingerprint density at radius 1 is 1.22 bits per heavy atom. The molecule has 140 valence electrons. The molecule has 2 aromatic heterocycles. The van der Waals surface area contributed by atoms with Crippen molar-refractivity contribution in [2.45, 2.75) is 39.3 Å². The predicted octanol–water partition coefficient (Wildman–Crippen LogP) is 2.07. The van der Waals surface area contributed by atoms with Crippen molar-refractivity contribution in [1.29, 1.82) is 0 Å². The van der Waals surface area contributed by atoms with Crippen LogP contribution in [0.25, 0.3) is 10.9 Å². The van der Waals surface area contributed by atoms with E-state index in [2.05, 4.69) is 16.1 Å². The third kappa shape index (κ3) is 3.37. The van der Waals surface area contributed by atoms with Crippen molar-refractivity contribution < 1.29 is 4.79 Å². The van der Waals surface area contributed by atoms with Crippen LogP contribution in [0.3, 0.4) is 0 Å². The topological polar surface area (TPSA) is 73.0 Å². The van der Waals surface area contributed by atoms with E-state index in [9.17, 15) is 9.59 Å². The summed E-state index contributed by atoms with van der Waals surface area (Å²) in [5, 5.41) is 5.11. The van der Waals surface area contributed by atoms with Crippen LogP contribution in [0.4, 0.5) is 0 Å². The van der Waals surface area contributed by atoms with Gasteiger partial charge in [0.05, 0.1) is 29.0 Å². The highest BCUT2D eigenvalue weighted by molar-refractivity contribution is 5.77. The van der Waals surface area contributed by atoms with Gasteiger partial charge in [-0.2, -0.15) is 5.10 Å². The van der Waals surface area contributed by atoms with Crippen LogP contribution in [0, 0.1) is 13.8 Å². The standard InChI is InChI=1S/C20H23N5O2/c1-14-10-15(2)25(22-14)16-11-24(12-16)19(26)8-5-9-23-13-21-18-7-4-3-6-17(18)20(23)27/h3-4,6-7,10,13,16H,5,8-9,11-12H2,1-2H3. The van der Waals surface area contributed by atoms with Crippen LogP contribution in [0.5, 0.6) is 0 Å². The van der Waals surface area contributed by atoms with Gasteiger partial charge in [-0.05, 0) is 38.5 Å². The first kappa shape index (κ1) is 17.5. The molecular formula is C20H23N5O2. The summed E-state index contributed by atoms with van der Waals surface area (Å²) in [6, 6.07) is 9.64. The number of rotatable bonds is 5. The van der Waals surface area contributed by atoms with Gasteiger partial charge in [0.25, 0.3) is 5.56 Å². The second kappa shape index (κ2) is 6.98. The lowest BCUT2D eigenvalue weighted by molar-refractivity contribution is -0.137. The van der Waals surface area contributed by atoms with Crippen LogP contribution in [-0.2, 0) is 11.3 Å². The highest BCUT2D eigenvalue weighted by atomic mass is 16.2. The molecular weight excluding hydrogens is 342 g/mol. The third-order valence-electron chi connectivity index (χ3n) is 5.13. The van der Waals surface area contributed by atoms with E-state index in [-0.39, 0.29) is 17.5 Å². The Bertz CT molecular complexity index is 1050. The number of fused-ring (bicyclic) bond motifs is 1. The quantitative estimate of drug-likeness (QED) is 0.694. The van der Waals surface area contributed by atoms with Gasteiger partial charge >= 0.3 is 0 Å². The van der Waals surface area contributed by atoms with Gasteiger partial charge in [0.15, 0.2) is 0 Å². The van der Waals surface area contributed by atoms with Crippen LogP contribution in [-0.4, -0.2) is 43.2 Å². The van der Waals surface area contributed by atoms with Crippen molar-refractivity contribution in [3.8, 4) is 0 Å². The van der Waals surface area contributed by atoms with Crippen LogP contribution in [0.1, 0.15) is 30.3 Å². The minimum absolute atomic E-state index is 0.0541.